The molecule has 0 saturated heterocycles. The van der Waals surface area contributed by atoms with E-state index in [9.17, 15) is 13.2 Å². The summed E-state index contributed by atoms with van der Waals surface area (Å²) in [4.78, 5) is 11.8. The molecule has 1 aliphatic rings. The average Bonchev–Trinajstić information content (AvgIpc) is 2.64. The van der Waals surface area contributed by atoms with Crippen molar-refractivity contribution < 1.29 is 13.2 Å². The molecule has 1 heterocycles. The zero-order valence-corrected chi connectivity index (χ0v) is 12.9. The van der Waals surface area contributed by atoms with Crippen molar-refractivity contribution in [2.45, 2.75) is 44.6 Å². The Morgan fingerprint density at radius 1 is 1.25 bits per heavy atom. The van der Waals surface area contributed by atoms with Gasteiger partial charge in [-0.15, -0.1) is 0 Å². The van der Waals surface area contributed by atoms with Gasteiger partial charge in [-0.3, -0.25) is 4.79 Å². The number of hydrogen-bond acceptors (Lipinski definition) is 3. The fraction of sp³-hybridized carbons (Fsp3) is 0.500. The second-order valence-corrected chi connectivity index (χ2v) is 7.33. The zero-order valence-electron chi connectivity index (χ0n) is 12.1. The number of fused-ring (bicyclic) bond motifs is 1. The monoisotopic (exact) mass is 296 g/mol. The van der Waals surface area contributed by atoms with E-state index in [4.69, 9.17) is 0 Å². The summed E-state index contributed by atoms with van der Waals surface area (Å²) in [6.45, 7) is 7.52. The lowest BCUT2D eigenvalue weighted by molar-refractivity contribution is -0.116. The van der Waals surface area contributed by atoms with Gasteiger partial charge in [0.25, 0.3) is 0 Å². The fourth-order valence-corrected chi connectivity index (χ4v) is 3.44. The molecule has 2 atom stereocenters. The van der Waals surface area contributed by atoms with E-state index in [-0.39, 0.29) is 28.7 Å². The van der Waals surface area contributed by atoms with Crippen molar-refractivity contribution in [2.75, 3.05) is 5.32 Å². The van der Waals surface area contributed by atoms with Gasteiger partial charge in [-0.2, -0.15) is 0 Å². The van der Waals surface area contributed by atoms with Gasteiger partial charge in [0, 0.05) is 11.7 Å². The summed E-state index contributed by atoms with van der Waals surface area (Å²) in [5.74, 6) is -0.206. The van der Waals surface area contributed by atoms with E-state index in [2.05, 4.69) is 10.0 Å². The minimum atomic E-state index is -3.56. The number of sulfonamides is 1. The minimum absolute atomic E-state index is 0.0990. The van der Waals surface area contributed by atoms with Crippen LogP contribution in [0.25, 0.3) is 0 Å². The summed E-state index contributed by atoms with van der Waals surface area (Å²) < 4.78 is 27.3. The van der Waals surface area contributed by atoms with E-state index in [1.165, 1.54) is 6.07 Å². The van der Waals surface area contributed by atoms with Crippen LogP contribution in [0.2, 0.25) is 0 Å². The van der Waals surface area contributed by atoms with Crippen LogP contribution in [0.15, 0.2) is 23.1 Å². The zero-order chi connectivity index (χ0) is 15.1. The van der Waals surface area contributed by atoms with Crippen LogP contribution < -0.4 is 10.0 Å². The maximum absolute atomic E-state index is 12.3. The van der Waals surface area contributed by atoms with Gasteiger partial charge in [0.05, 0.1) is 10.8 Å². The quantitative estimate of drug-likeness (QED) is 0.893. The topological polar surface area (TPSA) is 75.3 Å². The molecule has 0 spiro atoms. The highest BCUT2D eigenvalue weighted by molar-refractivity contribution is 7.89. The molecular weight excluding hydrogens is 276 g/mol. The summed E-state index contributed by atoms with van der Waals surface area (Å²) in [6.07, 6.45) is 0. The molecule has 110 valence electrons. The summed E-state index contributed by atoms with van der Waals surface area (Å²) in [5.41, 5.74) is 1.42. The number of nitrogens with one attached hydrogen (secondary N) is 2. The lowest BCUT2D eigenvalue weighted by Crippen LogP contribution is -2.36. The molecule has 1 aromatic carbocycles. The SMILES string of the molecule is CC(C)[C@@H](C)NS(=O)(=O)c1ccc2c(c1)[C@@H](C)C(=O)N2. The van der Waals surface area contributed by atoms with E-state index < -0.39 is 10.0 Å². The molecule has 0 aromatic heterocycles. The predicted octanol–water partition coefficient (Wildman–Crippen LogP) is 2.06. The summed E-state index contributed by atoms with van der Waals surface area (Å²) in [5, 5.41) is 2.73. The number of carbonyl (C=O) groups excluding carboxylic acids is 1. The van der Waals surface area contributed by atoms with Gasteiger partial charge in [0.15, 0.2) is 0 Å². The number of rotatable bonds is 4. The Kier molecular flexibility index (Phi) is 3.88. The van der Waals surface area contributed by atoms with E-state index in [1.807, 2.05) is 20.8 Å². The molecule has 1 aliphatic heterocycles. The lowest BCUT2D eigenvalue weighted by Gasteiger charge is -2.18. The van der Waals surface area contributed by atoms with Gasteiger partial charge >= 0.3 is 0 Å². The van der Waals surface area contributed by atoms with Crippen LogP contribution in [0.3, 0.4) is 0 Å². The van der Waals surface area contributed by atoms with Crippen LogP contribution in [0.5, 0.6) is 0 Å². The van der Waals surface area contributed by atoms with Crippen LogP contribution in [0.1, 0.15) is 39.2 Å². The van der Waals surface area contributed by atoms with Crippen LogP contribution in [0, 0.1) is 5.92 Å². The summed E-state index contributed by atoms with van der Waals surface area (Å²) >= 11 is 0. The molecule has 2 N–H and O–H groups in total. The average molecular weight is 296 g/mol. The third-order valence-electron chi connectivity index (χ3n) is 3.79. The first-order chi connectivity index (χ1) is 9.22. The van der Waals surface area contributed by atoms with Crippen LogP contribution >= 0.6 is 0 Å². The van der Waals surface area contributed by atoms with Crippen LogP contribution in [0.4, 0.5) is 5.69 Å². The van der Waals surface area contributed by atoms with Gasteiger partial charge < -0.3 is 5.32 Å². The number of carbonyl (C=O) groups is 1. The predicted molar refractivity (Wildman–Crippen MR) is 78.1 cm³/mol. The highest BCUT2D eigenvalue weighted by Gasteiger charge is 2.28. The Morgan fingerprint density at radius 2 is 1.90 bits per heavy atom. The van der Waals surface area contributed by atoms with Crippen molar-refractivity contribution in [3.8, 4) is 0 Å². The maximum atomic E-state index is 12.3. The Labute approximate surface area is 119 Å². The second-order valence-electron chi connectivity index (χ2n) is 5.61. The van der Waals surface area contributed by atoms with Crippen molar-refractivity contribution in [3.05, 3.63) is 23.8 Å². The molecular formula is C14H20N2O3S. The van der Waals surface area contributed by atoms with Crippen molar-refractivity contribution in [2.24, 2.45) is 5.92 Å². The molecule has 0 saturated carbocycles. The standard InChI is InChI=1S/C14H20N2O3S/c1-8(2)10(4)16-20(18,19)11-5-6-13-12(7-11)9(3)14(17)15-13/h5-10,16H,1-4H3,(H,15,17)/t9-,10-/m1/s1. The number of benzene rings is 1. The molecule has 20 heavy (non-hydrogen) atoms. The Bertz CT molecular complexity index is 638. The first-order valence-electron chi connectivity index (χ1n) is 6.69. The highest BCUT2D eigenvalue weighted by atomic mass is 32.2. The molecule has 0 unspecified atom stereocenters. The van der Waals surface area contributed by atoms with Crippen molar-refractivity contribution in [3.63, 3.8) is 0 Å². The summed E-state index contributed by atoms with van der Waals surface area (Å²) in [7, 11) is -3.56. The third kappa shape index (κ3) is 2.71. The number of anilines is 1. The maximum Gasteiger partial charge on any atom is 0.240 e. The Balaban J connectivity index is 2.33. The lowest BCUT2D eigenvalue weighted by atomic mass is 10.0. The van der Waals surface area contributed by atoms with Crippen molar-refractivity contribution in [1.29, 1.82) is 0 Å². The molecule has 6 heteroatoms. The minimum Gasteiger partial charge on any atom is -0.325 e. The second kappa shape index (κ2) is 5.18. The van der Waals surface area contributed by atoms with Gasteiger partial charge in [0.2, 0.25) is 15.9 Å². The first kappa shape index (κ1) is 15.0. The molecule has 0 aliphatic carbocycles. The van der Waals surface area contributed by atoms with Gasteiger partial charge in [-0.05, 0) is 43.5 Å². The first-order valence-corrected chi connectivity index (χ1v) is 8.18. The van der Waals surface area contributed by atoms with E-state index in [0.717, 1.165) is 5.56 Å². The molecule has 5 nitrogen and oxygen atoms in total. The van der Waals surface area contributed by atoms with Crippen molar-refractivity contribution >= 4 is 21.6 Å². The molecule has 2 rings (SSSR count). The Morgan fingerprint density at radius 3 is 2.50 bits per heavy atom. The van der Waals surface area contributed by atoms with Crippen molar-refractivity contribution in [1.82, 2.24) is 4.72 Å². The van der Waals surface area contributed by atoms with E-state index in [1.54, 1.807) is 19.1 Å². The smallest absolute Gasteiger partial charge is 0.240 e. The highest BCUT2D eigenvalue weighted by Crippen LogP contribution is 2.33. The normalized spacial score (nSPS) is 19.9. The summed E-state index contributed by atoms with van der Waals surface area (Å²) in [6, 6.07) is 4.59. The fourth-order valence-electron chi connectivity index (χ4n) is 2.01. The van der Waals surface area contributed by atoms with E-state index >= 15 is 0 Å². The molecule has 0 fully saturated rings. The van der Waals surface area contributed by atoms with E-state index in [0.29, 0.717) is 5.69 Å². The van der Waals surface area contributed by atoms with Gasteiger partial charge in [0.1, 0.15) is 0 Å². The number of amides is 1. The van der Waals surface area contributed by atoms with Crippen LogP contribution in [-0.4, -0.2) is 20.4 Å². The molecule has 0 bridgehead atoms. The largest absolute Gasteiger partial charge is 0.325 e. The van der Waals surface area contributed by atoms with Gasteiger partial charge in [-0.25, -0.2) is 13.1 Å². The third-order valence-corrected chi connectivity index (χ3v) is 5.35. The molecule has 1 aromatic rings. The Hall–Kier alpha value is -1.40. The van der Waals surface area contributed by atoms with Gasteiger partial charge in [-0.1, -0.05) is 13.8 Å². The molecule has 1 amide bonds. The molecule has 0 radical (unpaired) electrons. The van der Waals surface area contributed by atoms with Crippen LogP contribution in [-0.2, 0) is 14.8 Å². The number of hydrogen-bond donors (Lipinski definition) is 2.